The van der Waals surface area contributed by atoms with Crippen molar-refractivity contribution in [2.24, 2.45) is 0 Å². The average molecular weight is 332 g/mol. The predicted octanol–water partition coefficient (Wildman–Crippen LogP) is 2.26. The molecule has 1 aliphatic rings. The van der Waals surface area contributed by atoms with E-state index >= 15 is 0 Å². The van der Waals surface area contributed by atoms with E-state index in [-0.39, 0.29) is 18.4 Å². The Balaban J connectivity index is 2.38. The summed E-state index contributed by atoms with van der Waals surface area (Å²) in [6.07, 6.45) is 0.295. The van der Waals surface area contributed by atoms with E-state index < -0.39 is 0 Å². The first-order valence-electron chi connectivity index (χ1n) is 5.52. The number of hydrogen-bond acceptors (Lipinski definition) is 2. The van der Waals surface area contributed by atoms with Crippen molar-refractivity contribution in [2.45, 2.75) is 13.3 Å². The maximum absolute atomic E-state index is 12.0. The molecule has 0 atom stereocenters. The first-order chi connectivity index (χ1) is 8.49. The van der Waals surface area contributed by atoms with E-state index in [1.807, 2.05) is 13.0 Å². The Hall–Kier alpha value is -1.07. The van der Waals surface area contributed by atoms with Gasteiger partial charge in [-0.25, -0.2) is 0 Å². The number of carbonyl (C=O) groups excluding carboxylic acids is 2. The zero-order chi connectivity index (χ0) is 13.3. The zero-order valence-corrected chi connectivity index (χ0v) is 12.1. The van der Waals surface area contributed by atoms with E-state index in [0.717, 1.165) is 10.0 Å². The number of hydrogen-bond donors (Lipinski definition) is 1. The van der Waals surface area contributed by atoms with Gasteiger partial charge < -0.3 is 10.2 Å². The van der Waals surface area contributed by atoms with Crippen molar-refractivity contribution in [2.75, 3.05) is 18.0 Å². The van der Waals surface area contributed by atoms with Crippen LogP contribution in [0.5, 0.6) is 0 Å². The van der Waals surface area contributed by atoms with Crippen molar-refractivity contribution >= 4 is 45.0 Å². The molecule has 96 valence electrons. The van der Waals surface area contributed by atoms with Crippen LogP contribution in [0.1, 0.15) is 12.0 Å². The molecule has 1 aromatic carbocycles. The van der Waals surface area contributed by atoms with E-state index in [9.17, 15) is 9.59 Å². The molecule has 0 spiro atoms. The lowest BCUT2D eigenvalue weighted by atomic mass is 10.2. The first-order valence-corrected chi connectivity index (χ1v) is 6.69. The standard InChI is InChI=1S/C12H12BrClN2O2/c1-7-4-8(13)10(5-9(7)14)16-3-2-11(17)15-6-12(16)18/h4-5H,2-3,6H2,1H3,(H,15,17). The molecule has 2 rings (SSSR count). The highest BCUT2D eigenvalue weighted by Crippen LogP contribution is 2.32. The van der Waals surface area contributed by atoms with Gasteiger partial charge in [-0.2, -0.15) is 0 Å². The third-order valence-corrected chi connectivity index (χ3v) is 3.86. The molecule has 2 amide bonds. The number of halogens is 2. The molecule has 6 heteroatoms. The number of rotatable bonds is 1. The molecule has 0 aliphatic carbocycles. The third-order valence-electron chi connectivity index (χ3n) is 2.82. The lowest BCUT2D eigenvalue weighted by Crippen LogP contribution is -2.35. The molecule has 0 bridgehead atoms. The zero-order valence-electron chi connectivity index (χ0n) is 9.80. The largest absolute Gasteiger partial charge is 0.347 e. The number of benzene rings is 1. The minimum Gasteiger partial charge on any atom is -0.347 e. The Kier molecular flexibility index (Phi) is 3.92. The molecule has 0 saturated carbocycles. The van der Waals surface area contributed by atoms with Gasteiger partial charge in [0.05, 0.1) is 12.2 Å². The predicted molar refractivity (Wildman–Crippen MR) is 73.9 cm³/mol. The normalized spacial score (nSPS) is 16.5. The van der Waals surface area contributed by atoms with E-state index in [0.29, 0.717) is 23.7 Å². The van der Waals surface area contributed by atoms with E-state index in [1.165, 1.54) is 0 Å². The molecule has 1 saturated heterocycles. The quantitative estimate of drug-likeness (QED) is 0.858. The van der Waals surface area contributed by atoms with Gasteiger partial charge in [-0.15, -0.1) is 0 Å². The Morgan fingerprint density at radius 3 is 2.83 bits per heavy atom. The summed E-state index contributed by atoms with van der Waals surface area (Å²) < 4.78 is 0.798. The maximum atomic E-state index is 12.0. The van der Waals surface area contributed by atoms with Gasteiger partial charge in [-0.05, 0) is 40.5 Å². The molecule has 18 heavy (non-hydrogen) atoms. The molecule has 1 aliphatic heterocycles. The van der Waals surface area contributed by atoms with Crippen LogP contribution in [0.25, 0.3) is 0 Å². The van der Waals surface area contributed by atoms with E-state index in [2.05, 4.69) is 21.2 Å². The smallest absolute Gasteiger partial charge is 0.246 e. The van der Waals surface area contributed by atoms with Gasteiger partial charge in [0.25, 0.3) is 0 Å². The number of nitrogens with zero attached hydrogens (tertiary/aromatic N) is 1. The van der Waals surface area contributed by atoms with Crippen LogP contribution < -0.4 is 10.2 Å². The lowest BCUT2D eigenvalue weighted by Gasteiger charge is -2.22. The SMILES string of the molecule is Cc1cc(Br)c(N2CCC(=O)NCC2=O)cc1Cl. The van der Waals surface area contributed by atoms with Crippen LogP contribution in [-0.4, -0.2) is 24.9 Å². The van der Waals surface area contributed by atoms with Crippen molar-refractivity contribution in [3.63, 3.8) is 0 Å². The van der Waals surface area contributed by atoms with E-state index in [4.69, 9.17) is 11.6 Å². The summed E-state index contributed by atoms with van der Waals surface area (Å²) in [4.78, 5) is 24.8. The number of amides is 2. The Morgan fingerprint density at radius 1 is 1.39 bits per heavy atom. The van der Waals surface area contributed by atoms with Crippen molar-refractivity contribution < 1.29 is 9.59 Å². The van der Waals surface area contributed by atoms with Gasteiger partial charge in [-0.1, -0.05) is 11.6 Å². The minimum absolute atomic E-state index is 0.0246. The van der Waals surface area contributed by atoms with Gasteiger partial charge in [0.1, 0.15) is 0 Å². The van der Waals surface area contributed by atoms with Crippen LogP contribution in [0.2, 0.25) is 5.02 Å². The highest BCUT2D eigenvalue weighted by atomic mass is 79.9. The lowest BCUT2D eigenvalue weighted by molar-refractivity contribution is -0.123. The average Bonchev–Trinajstić information content (AvgIpc) is 2.47. The van der Waals surface area contributed by atoms with Crippen molar-refractivity contribution in [1.29, 1.82) is 0 Å². The highest BCUT2D eigenvalue weighted by Gasteiger charge is 2.23. The molecule has 0 unspecified atom stereocenters. The summed E-state index contributed by atoms with van der Waals surface area (Å²) in [7, 11) is 0. The monoisotopic (exact) mass is 330 g/mol. The number of carbonyl (C=O) groups is 2. The van der Waals surface area contributed by atoms with Crippen LogP contribution in [-0.2, 0) is 9.59 Å². The number of nitrogens with one attached hydrogen (secondary N) is 1. The van der Waals surface area contributed by atoms with Crippen LogP contribution in [0.4, 0.5) is 5.69 Å². The second kappa shape index (κ2) is 5.28. The Bertz CT molecular complexity index is 519. The van der Waals surface area contributed by atoms with Crippen molar-refractivity contribution in [3.8, 4) is 0 Å². The molecule has 1 heterocycles. The van der Waals surface area contributed by atoms with Gasteiger partial charge in [0.2, 0.25) is 11.8 Å². The summed E-state index contributed by atoms with van der Waals surface area (Å²) >= 11 is 9.51. The number of anilines is 1. The van der Waals surface area contributed by atoms with Crippen LogP contribution in [0.15, 0.2) is 16.6 Å². The molecular formula is C12H12BrClN2O2. The topological polar surface area (TPSA) is 49.4 Å². The summed E-state index contributed by atoms with van der Waals surface area (Å²) in [6, 6.07) is 3.61. The molecule has 0 radical (unpaired) electrons. The summed E-state index contributed by atoms with van der Waals surface area (Å²) in [6.45, 7) is 2.28. The van der Waals surface area contributed by atoms with Gasteiger partial charge >= 0.3 is 0 Å². The molecular weight excluding hydrogens is 320 g/mol. The van der Waals surface area contributed by atoms with Crippen LogP contribution in [0, 0.1) is 6.92 Å². The van der Waals surface area contributed by atoms with E-state index in [1.54, 1.807) is 11.0 Å². The first kappa shape index (κ1) is 13.4. The summed E-state index contributed by atoms with van der Waals surface area (Å²) in [5.74, 6) is -0.248. The summed E-state index contributed by atoms with van der Waals surface area (Å²) in [5, 5.41) is 3.16. The second-order valence-corrected chi connectivity index (χ2v) is 5.39. The fraction of sp³-hybridized carbons (Fsp3) is 0.333. The fourth-order valence-corrected chi connectivity index (χ4v) is 2.62. The maximum Gasteiger partial charge on any atom is 0.246 e. The molecule has 4 nitrogen and oxygen atoms in total. The van der Waals surface area contributed by atoms with Gasteiger partial charge in [0.15, 0.2) is 0 Å². The third kappa shape index (κ3) is 2.67. The summed E-state index contributed by atoms with van der Waals surface area (Å²) in [5.41, 5.74) is 1.64. The molecule has 1 aromatic rings. The molecule has 1 N–H and O–H groups in total. The number of aryl methyl sites for hydroxylation is 1. The Labute approximate surface area is 118 Å². The van der Waals surface area contributed by atoms with Crippen LogP contribution >= 0.6 is 27.5 Å². The van der Waals surface area contributed by atoms with Crippen LogP contribution in [0.3, 0.4) is 0 Å². The Morgan fingerprint density at radius 2 is 2.11 bits per heavy atom. The minimum atomic E-state index is -0.138. The second-order valence-electron chi connectivity index (χ2n) is 4.12. The highest BCUT2D eigenvalue weighted by molar-refractivity contribution is 9.10. The van der Waals surface area contributed by atoms with Crippen molar-refractivity contribution in [3.05, 3.63) is 27.2 Å². The van der Waals surface area contributed by atoms with Gasteiger partial charge in [-0.3, -0.25) is 9.59 Å². The fourth-order valence-electron chi connectivity index (χ4n) is 1.79. The van der Waals surface area contributed by atoms with Crippen molar-refractivity contribution in [1.82, 2.24) is 5.32 Å². The van der Waals surface area contributed by atoms with Gasteiger partial charge in [0, 0.05) is 22.5 Å². The molecule has 0 aromatic heterocycles. The molecule has 1 fully saturated rings.